The maximum absolute atomic E-state index is 12.4. The van der Waals surface area contributed by atoms with Crippen LogP contribution in [0, 0.1) is 0 Å². The summed E-state index contributed by atoms with van der Waals surface area (Å²) in [5.41, 5.74) is 3.01. The van der Waals surface area contributed by atoms with Gasteiger partial charge in [0.25, 0.3) is 0 Å². The highest BCUT2D eigenvalue weighted by Crippen LogP contribution is 2.46. The Bertz CT molecular complexity index is 1020. The van der Waals surface area contributed by atoms with Crippen molar-refractivity contribution in [1.29, 1.82) is 0 Å². The second-order valence-corrected chi connectivity index (χ2v) is 7.14. The highest BCUT2D eigenvalue weighted by atomic mass is 79.9. The van der Waals surface area contributed by atoms with Gasteiger partial charge >= 0.3 is 0 Å². The van der Waals surface area contributed by atoms with E-state index < -0.39 is 0 Å². The molecule has 1 aliphatic rings. The maximum Gasteiger partial charge on any atom is 0.225 e. The molecule has 5 heteroatoms. The summed E-state index contributed by atoms with van der Waals surface area (Å²) in [5, 5.41) is 5.32. The van der Waals surface area contributed by atoms with Gasteiger partial charge in [0.1, 0.15) is 0 Å². The molecule has 0 radical (unpaired) electrons. The van der Waals surface area contributed by atoms with Crippen molar-refractivity contribution in [3.05, 3.63) is 64.1 Å². The number of nitrogens with one attached hydrogen (secondary N) is 1. The number of hydrogen-bond donors (Lipinski definition) is 1. The van der Waals surface area contributed by atoms with Gasteiger partial charge in [-0.25, -0.2) is 0 Å². The van der Waals surface area contributed by atoms with E-state index in [1.165, 1.54) is 0 Å². The molecule has 3 aromatic rings. The summed E-state index contributed by atoms with van der Waals surface area (Å²) in [6, 6.07) is 16.1. The largest absolute Gasteiger partial charge is 0.493 e. The van der Waals surface area contributed by atoms with E-state index in [9.17, 15) is 4.79 Å². The number of methoxy groups -OCH3 is 2. The lowest BCUT2D eigenvalue weighted by atomic mass is 9.82. The summed E-state index contributed by atoms with van der Waals surface area (Å²) >= 11 is 3.66. The van der Waals surface area contributed by atoms with Crippen molar-refractivity contribution in [2.75, 3.05) is 19.5 Å². The van der Waals surface area contributed by atoms with Gasteiger partial charge in [0, 0.05) is 22.5 Å². The van der Waals surface area contributed by atoms with E-state index in [0.717, 1.165) is 32.1 Å². The molecule has 0 bridgehead atoms. The normalized spacial score (nSPS) is 16.1. The quantitative estimate of drug-likeness (QED) is 0.652. The summed E-state index contributed by atoms with van der Waals surface area (Å²) in [4.78, 5) is 12.4. The molecule has 0 aliphatic carbocycles. The zero-order valence-corrected chi connectivity index (χ0v) is 16.1. The van der Waals surface area contributed by atoms with Gasteiger partial charge in [0.2, 0.25) is 5.91 Å². The van der Waals surface area contributed by atoms with Gasteiger partial charge in [-0.3, -0.25) is 4.79 Å². The molecule has 26 heavy (non-hydrogen) atoms. The lowest BCUT2D eigenvalue weighted by Gasteiger charge is -2.28. The van der Waals surface area contributed by atoms with E-state index in [-0.39, 0.29) is 11.8 Å². The molecule has 0 saturated heterocycles. The number of benzene rings is 3. The van der Waals surface area contributed by atoms with Gasteiger partial charge < -0.3 is 14.8 Å². The number of carbonyl (C=O) groups is 1. The molecule has 0 aromatic heterocycles. The van der Waals surface area contributed by atoms with Crippen LogP contribution in [0.5, 0.6) is 11.5 Å². The fraction of sp³-hybridized carbons (Fsp3) is 0.190. The highest BCUT2D eigenvalue weighted by Gasteiger charge is 2.30. The molecule has 4 rings (SSSR count). The number of carbonyl (C=O) groups excluding carboxylic acids is 1. The van der Waals surface area contributed by atoms with Crippen molar-refractivity contribution in [1.82, 2.24) is 0 Å². The van der Waals surface area contributed by atoms with Crippen LogP contribution < -0.4 is 14.8 Å². The third kappa shape index (κ3) is 2.72. The van der Waals surface area contributed by atoms with E-state index in [1.54, 1.807) is 14.2 Å². The van der Waals surface area contributed by atoms with Crippen LogP contribution in [-0.4, -0.2) is 20.1 Å². The number of ether oxygens (including phenoxy) is 2. The van der Waals surface area contributed by atoms with Crippen LogP contribution in [-0.2, 0) is 4.79 Å². The SMILES string of the molecule is COc1cc(Br)c([C@@H]2CC(=O)Nc3ccc4ccccc4c32)cc1OC. The minimum atomic E-state index is -0.0703. The van der Waals surface area contributed by atoms with Gasteiger partial charge in [-0.1, -0.05) is 46.3 Å². The molecule has 0 unspecified atom stereocenters. The number of anilines is 1. The van der Waals surface area contributed by atoms with Gasteiger partial charge in [-0.15, -0.1) is 0 Å². The first kappa shape index (κ1) is 16.9. The summed E-state index contributed by atoms with van der Waals surface area (Å²) in [6.45, 7) is 0. The van der Waals surface area contributed by atoms with Crippen molar-refractivity contribution < 1.29 is 14.3 Å². The standard InChI is InChI=1S/C21H18BrNO3/c1-25-18-9-14(16(22)11-19(18)26-2)15-10-20(24)23-17-8-7-12-5-3-4-6-13(12)21(15)17/h3-9,11,15H,10H2,1-2H3,(H,23,24)/t15-/m0/s1. The highest BCUT2D eigenvalue weighted by molar-refractivity contribution is 9.10. The summed E-state index contributed by atoms with van der Waals surface area (Å²) in [7, 11) is 3.23. The third-order valence-corrected chi connectivity index (χ3v) is 5.55. The van der Waals surface area contributed by atoms with Crippen molar-refractivity contribution in [3.8, 4) is 11.5 Å². The fourth-order valence-electron chi connectivity index (χ4n) is 3.67. The van der Waals surface area contributed by atoms with E-state index >= 15 is 0 Å². The van der Waals surface area contributed by atoms with Crippen molar-refractivity contribution in [2.24, 2.45) is 0 Å². The van der Waals surface area contributed by atoms with Crippen LogP contribution in [0.4, 0.5) is 5.69 Å². The third-order valence-electron chi connectivity index (χ3n) is 4.86. The van der Waals surface area contributed by atoms with E-state index in [2.05, 4.69) is 33.4 Å². The molecule has 3 aromatic carbocycles. The molecule has 0 spiro atoms. The average Bonchev–Trinajstić information content (AvgIpc) is 2.66. The first-order valence-corrected chi connectivity index (χ1v) is 9.14. The predicted molar refractivity (Wildman–Crippen MR) is 106 cm³/mol. The van der Waals surface area contributed by atoms with Crippen molar-refractivity contribution in [3.63, 3.8) is 0 Å². The topological polar surface area (TPSA) is 47.6 Å². The van der Waals surface area contributed by atoms with Crippen LogP contribution in [0.25, 0.3) is 10.8 Å². The molecular formula is C21H18BrNO3. The molecule has 1 aliphatic heterocycles. The lowest BCUT2D eigenvalue weighted by molar-refractivity contribution is -0.116. The van der Waals surface area contributed by atoms with Gasteiger partial charge in [0.15, 0.2) is 11.5 Å². The Morgan fingerprint density at radius 2 is 1.77 bits per heavy atom. The summed E-state index contributed by atoms with van der Waals surface area (Å²) < 4.78 is 11.8. The molecule has 1 amide bonds. The van der Waals surface area contributed by atoms with Crippen molar-refractivity contribution in [2.45, 2.75) is 12.3 Å². The molecule has 1 N–H and O–H groups in total. The molecule has 0 saturated carbocycles. The van der Waals surface area contributed by atoms with Gasteiger partial charge in [-0.2, -0.15) is 0 Å². The van der Waals surface area contributed by atoms with Crippen LogP contribution in [0.1, 0.15) is 23.5 Å². The smallest absolute Gasteiger partial charge is 0.225 e. The predicted octanol–water partition coefficient (Wildman–Crippen LogP) is 5.09. The summed E-state index contributed by atoms with van der Waals surface area (Å²) in [5.74, 6) is 1.25. The van der Waals surface area contributed by atoms with Crippen molar-refractivity contribution >= 4 is 38.3 Å². The molecule has 1 atom stereocenters. The first-order chi connectivity index (χ1) is 12.6. The maximum atomic E-state index is 12.4. The number of amides is 1. The van der Waals surface area contributed by atoms with Gasteiger partial charge in [-0.05, 0) is 40.1 Å². The Kier molecular flexibility index (Phi) is 4.32. The molecule has 132 valence electrons. The molecule has 1 heterocycles. The zero-order chi connectivity index (χ0) is 18.3. The minimum Gasteiger partial charge on any atom is -0.493 e. The average molecular weight is 412 g/mol. The van der Waals surface area contributed by atoms with Crippen LogP contribution in [0.3, 0.4) is 0 Å². The van der Waals surface area contributed by atoms with E-state index in [1.807, 2.05) is 36.4 Å². The molecular weight excluding hydrogens is 394 g/mol. The van der Waals surface area contributed by atoms with Crippen LogP contribution in [0.15, 0.2) is 53.0 Å². The number of hydrogen-bond acceptors (Lipinski definition) is 3. The Morgan fingerprint density at radius 3 is 2.54 bits per heavy atom. The van der Waals surface area contributed by atoms with E-state index in [4.69, 9.17) is 9.47 Å². The van der Waals surface area contributed by atoms with Crippen LogP contribution in [0.2, 0.25) is 0 Å². The van der Waals surface area contributed by atoms with Gasteiger partial charge in [0.05, 0.1) is 14.2 Å². The first-order valence-electron chi connectivity index (χ1n) is 8.35. The number of halogens is 1. The number of rotatable bonds is 3. The Balaban J connectivity index is 1.97. The number of fused-ring (bicyclic) bond motifs is 3. The second kappa shape index (κ2) is 6.65. The van der Waals surface area contributed by atoms with E-state index in [0.29, 0.717) is 17.9 Å². The Labute approximate surface area is 160 Å². The Hall–Kier alpha value is -2.53. The molecule has 4 nitrogen and oxygen atoms in total. The monoisotopic (exact) mass is 411 g/mol. The summed E-state index contributed by atoms with van der Waals surface area (Å²) in [6.07, 6.45) is 0.384. The lowest BCUT2D eigenvalue weighted by Crippen LogP contribution is -2.24. The fourth-order valence-corrected chi connectivity index (χ4v) is 4.27. The second-order valence-electron chi connectivity index (χ2n) is 6.28. The zero-order valence-electron chi connectivity index (χ0n) is 14.5. The minimum absolute atomic E-state index is 0.0134. The van der Waals surface area contributed by atoms with Crippen LogP contribution >= 0.6 is 15.9 Å². The molecule has 0 fully saturated rings. The Morgan fingerprint density at radius 1 is 1.04 bits per heavy atom.